The van der Waals surface area contributed by atoms with Crippen LogP contribution in [0.2, 0.25) is 0 Å². The van der Waals surface area contributed by atoms with Gasteiger partial charge in [-0.2, -0.15) is 0 Å². The molecule has 1 N–H and O–H groups in total. The number of nitrogens with one attached hydrogen (secondary N) is 1. The van der Waals surface area contributed by atoms with Crippen LogP contribution in [0.4, 0.5) is 4.39 Å². The molecule has 0 aliphatic carbocycles. The minimum absolute atomic E-state index is 0.0614. The van der Waals surface area contributed by atoms with Gasteiger partial charge >= 0.3 is 0 Å². The SMILES string of the molecule is CCC(=O)c1cc(F)ccc1OCC(=O)N[C@H]1CCS(=O)(=O)C1. The van der Waals surface area contributed by atoms with E-state index in [0.717, 1.165) is 12.1 Å². The van der Waals surface area contributed by atoms with Crippen LogP contribution < -0.4 is 10.1 Å². The number of carbonyl (C=O) groups is 2. The summed E-state index contributed by atoms with van der Waals surface area (Å²) in [7, 11) is -3.08. The molecule has 1 aliphatic heterocycles. The Labute approximate surface area is 133 Å². The van der Waals surface area contributed by atoms with E-state index in [1.54, 1.807) is 6.92 Å². The predicted molar refractivity (Wildman–Crippen MR) is 81.7 cm³/mol. The van der Waals surface area contributed by atoms with Crippen molar-refractivity contribution in [3.63, 3.8) is 0 Å². The van der Waals surface area contributed by atoms with E-state index in [4.69, 9.17) is 4.74 Å². The number of hydrogen-bond acceptors (Lipinski definition) is 5. The van der Waals surface area contributed by atoms with E-state index in [1.165, 1.54) is 6.07 Å². The molecule has 8 heteroatoms. The van der Waals surface area contributed by atoms with Crippen LogP contribution in [-0.4, -0.2) is 44.3 Å². The largest absolute Gasteiger partial charge is 0.483 e. The van der Waals surface area contributed by atoms with Crippen LogP contribution in [0.15, 0.2) is 18.2 Å². The van der Waals surface area contributed by atoms with Crippen LogP contribution in [0.3, 0.4) is 0 Å². The maximum Gasteiger partial charge on any atom is 0.258 e. The molecule has 1 aromatic carbocycles. The second-order valence-electron chi connectivity index (χ2n) is 5.37. The van der Waals surface area contributed by atoms with Gasteiger partial charge in [0.05, 0.1) is 17.1 Å². The molecule has 1 saturated heterocycles. The van der Waals surface area contributed by atoms with E-state index in [1.807, 2.05) is 0 Å². The maximum absolute atomic E-state index is 13.2. The lowest BCUT2D eigenvalue weighted by molar-refractivity contribution is -0.123. The van der Waals surface area contributed by atoms with E-state index in [9.17, 15) is 22.4 Å². The van der Waals surface area contributed by atoms with Crippen LogP contribution in [0, 0.1) is 5.82 Å². The Morgan fingerprint density at radius 1 is 1.39 bits per heavy atom. The van der Waals surface area contributed by atoms with Crippen LogP contribution >= 0.6 is 0 Å². The molecule has 1 aromatic rings. The number of ether oxygens (including phenoxy) is 1. The highest BCUT2D eigenvalue weighted by molar-refractivity contribution is 7.91. The lowest BCUT2D eigenvalue weighted by Gasteiger charge is -2.13. The van der Waals surface area contributed by atoms with Crippen molar-refractivity contribution in [3.8, 4) is 5.75 Å². The fraction of sp³-hybridized carbons (Fsp3) is 0.467. The third kappa shape index (κ3) is 4.75. The quantitative estimate of drug-likeness (QED) is 0.781. The second kappa shape index (κ2) is 7.08. The Morgan fingerprint density at radius 3 is 2.74 bits per heavy atom. The lowest BCUT2D eigenvalue weighted by Crippen LogP contribution is -2.38. The van der Waals surface area contributed by atoms with Gasteiger partial charge in [-0.25, -0.2) is 12.8 Å². The summed E-state index contributed by atoms with van der Waals surface area (Å²) in [5, 5.41) is 2.58. The lowest BCUT2D eigenvalue weighted by atomic mass is 10.1. The third-order valence-electron chi connectivity index (χ3n) is 3.52. The number of rotatable bonds is 6. The van der Waals surface area contributed by atoms with Gasteiger partial charge in [0.15, 0.2) is 22.2 Å². The molecule has 0 bridgehead atoms. The van der Waals surface area contributed by atoms with Crippen molar-refractivity contribution in [2.24, 2.45) is 0 Å². The van der Waals surface area contributed by atoms with E-state index < -0.39 is 27.6 Å². The van der Waals surface area contributed by atoms with Gasteiger partial charge in [-0.3, -0.25) is 9.59 Å². The number of carbonyl (C=O) groups excluding carboxylic acids is 2. The number of sulfone groups is 1. The second-order valence-corrected chi connectivity index (χ2v) is 7.60. The summed E-state index contributed by atoms with van der Waals surface area (Å²) in [5.41, 5.74) is 0.0868. The molecule has 0 unspecified atom stereocenters. The Kier molecular flexibility index (Phi) is 5.35. The topological polar surface area (TPSA) is 89.5 Å². The number of halogens is 1. The molecule has 1 heterocycles. The molecule has 0 saturated carbocycles. The summed E-state index contributed by atoms with van der Waals surface area (Å²) in [5.74, 6) is -1.21. The van der Waals surface area contributed by atoms with E-state index in [0.29, 0.717) is 6.42 Å². The molecule has 23 heavy (non-hydrogen) atoms. The normalized spacial score (nSPS) is 19.3. The fourth-order valence-electron chi connectivity index (χ4n) is 2.36. The maximum atomic E-state index is 13.2. The monoisotopic (exact) mass is 343 g/mol. The van der Waals surface area contributed by atoms with Crippen LogP contribution in [-0.2, 0) is 14.6 Å². The van der Waals surface area contributed by atoms with E-state index in [2.05, 4.69) is 5.32 Å². The summed E-state index contributed by atoms with van der Waals surface area (Å²) in [6.07, 6.45) is 0.566. The molecule has 1 aliphatic rings. The van der Waals surface area contributed by atoms with Crippen molar-refractivity contribution in [2.45, 2.75) is 25.8 Å². The number of benzene rings is 1. The average Bonchev–Trinajstić information content (AvgIpc) is 2.83. The molecular formula is C15H18FNO5S. The van der Waals surface area contributed by atoms with Crippen LogP contribution in [0.1, 0.15) is 30.1 Å². The minimum Gasteiger partial charge on any atom is -0.483 e. The first-order valence-corrected chi connectivity index (χ1v) is 9.08. The molecule has 1 atom stereocenters. The van der Waals surface area contributed by atoms with Crippen molar-refractivity contribution in [1.82, 2.24) is 5.32 Å². The molecule has 1 fully saturated rings. The Balaban J connectivity index is 1.95. The van der Waals surface area contributed by atoms with Crippen LogP contribution in [0.5, 0.6) is 5.75 Å². The van der Waals surface area contributed by atoms with E-state index >= 15 is 0 Å². The van der Waals surface area contributed by atoms with Crippen molar-refractivity contribution in [2.75, 3.05) is 18.1 Å². The van der Waals surface area contributed by atoms with Crippen molar-refractivity contribution >= 4 is 21.5 Å². The molecule has 0 aromatic heterocycles. The van der Waals surface area contributed by atoms with Crippen molar-refractivity contribution in [3.05, 3.63) is 29.6 Å². The van der Waals surface area contributed by atoms with Crippen LogP contribution in [0.25, 0.3) is 0 Å². The Morgan fingerprint density at radius 2 is 2.13 bits per heavy atom. The smallest absolute Gasteiger partial charge is 0.258 e. The van der Waals surface area contributed by atoms with Gasteiger partial charge in [0.2, 0.25) is 0 Å². The highest BCUT2D eigenvalue weighted by Crippen LogP contribution is 2.21. The molecule has 0 radical (unpaired) electrons. The Bertz CT molecular complexity index is 717. The van der Waals surface area contributed by atoms with Gasteiger partial charge in [0.25, 0.3) is 5.91 Å². The first-order valence-electron chi connectivity index (χ1n) is 7.26. The highest BCUT2D eigenvalue weighted by atomic mass is 32.2. The number of ketones is 1. The van der Waals surface area contributed by atoms with Gasteiger partial charge in [0, 0.05) is 12.5 Å². The fourth-order valence-corrected chi connectivity index (χ4v) is 4.03. The van der Waals surface area contributed by atoms with Gasteiger partial charge < -0.3 is 10.1 Å². The average molecular weight is 343 g/mol. The first kappa shape index (κ1) is 17.4. The summed E-state index contributed by atoms with van der Waals surface area (Å²) in [6, 6.07) is 3.10. The first-order chi connectivity index (χ1) is 10.8. The molecule has 2 rings (SSSR count). The Hall–Kier alpha value is -1.96. The zero-order chi connectivity index (χ0) is 17.0. The van der Waals surface area contributed by atoms with Gasteiger partial charge in [-0.05, 0) is 24.6 Å². The summed E-state index contributed by atoms with van der Waals surface area (Å²) in [6.45, 7) is 1.27. The summed E-state index contributed by atoms with van der Waals surface area (Å²) < 4.78 is 41.2. The standard InChI is InChI=1S/C15H18FNO5S/c1-2-13(18)12-7-10(16)3-4-14(12)22-8-15(19)17-11-5-6-23(20,21)9-11/h3-4,7,11H,2,5-6,8-9H2,1H3,(H,17,19)/t11-/m0/s1. The van der Waals surface area contributed by atoms with Gasteiger partial charge in [-0.1, -0.05) is 6.92 Å². The van der Waals surface area contributed by atoms with Gasteiger partial charge in [-0.15, -0.1) is 0 Å². The zero-order valence-electron chi connectivity index (χ0n) is 12.7. The van der Waals surface area contributed by atoms with Gasteiger partial charge in [0.1, 0.15) is 11.6 Å². The third-order valence-corrected chi connectivity index (χ3v) is 5.29. The summed E-state index contributed by atoms with van der Waals surface area (Å²) in [4.78, 5) is 23.6. The molecule has 6 nitrogen and oxygen atoms in total. The zero-order valence-corrected chi connectivity index (χ0v) is 13.5. The number of Topliss-reactive ketones (excluding diaryl/α,β-unsaturated/α-hetero) is 1. The number of amides is 1. The minimum atomic E-state index is -3.08. The molecule has 126 valence electrons. The van der Waals surface area contributed by atoms with Crippen molar-refractivity contribution < 1.29 is 27.1 Å². The number of hydrogen-bond donors (Lipinski definition) is 1. The molecular weight excluding hydrogens is 325 g/mol. The van der Waals surface area contributed by atoms with Crippen molar-refractivity contribution in [1.29, 1.82) is 0 Å². The highest BCUT2D eigenvalue weighted by Gasteiger charge is 2.29. The van der Waals surface area contributed by atoms with E-state index in [-0.39, 0.29) is 41.6 Å². The molecule has 0 spiro atoms. The predicted octanol–water partition coefficient (Wildman–Crippen LogP) is 1.10. The summed E-state index contributed by atoms with van der Waals surface area (Å²) >= 11 is 0. The molecule has 1 amide bonds.